The highest BCUT2D eigenvalue weighted by Crippen LogP contribution is 2.32. The minimum atomic E-state index is -5.09. The Bertz CT molecular complexity index is 449. The van der Waals surface area contributed by atoms with Crippen LogP contribution < -0.4 is 16.2 Å². The van der Waals surface area contributed by atoms with Crippen LogP contribution in [0.1, 0.15) is 5.56 Å². The van der Waals surface area contributed by atoms with E-state index in [1.807, 2.05) is 0 Å². The molecule has 0 unspecified atom stereocenters. The van der Waals surface area contributed by atoms with E-state index in [-0.39, 0.29) is 17.9 Å². The average molecular weight is 252 g/mol. The molecule has 0 aromatic carbocycles. The van der Waals surface area contributed by atoms with Crippen molar-refractivity contribution in [3.8, 4) is 5.88 Å². The van der Waals surface area contributed by atoms with Crippen LogP contribution in [0.5, 0.6) is 5.88 Å². The highest BCUT2D eigenvalue weighted by Gasteiger charge is 2.36. The quantitative estimate of drug-likeness (QED) is 0.610. The van der Waals surface area contributed by atoms with Crippen molar-refractivity contribution in [2.24, 2.45) is 5.73 Å². The Labute approximate surface area is 92.3 Å². The van der Waals surface area contributed by atoms with Crippen LogP contribution in [0.2, 0.25) is 0 Å². The first kappa shape index (κ1) is 13.0. The van der Waals surface area contributed by atoms with E-state index in [1.165, 1.54) is 0 Å². The number of rotatable bonds is 3. The van der Waals surface area contributed by atoms with Gasteiger partial charge in [-0.3, -0.25) is 10.1 Å². The van der Waals surface area contributed by atoms with Crippen LogP contribution in [0.3, 0.4) is 0 Å². The van der Waals surface area contributed by atoms with Crippen LogP contribution in [0.4, 0.5) is 24.7 Å². The van der Waals surface area contributed by atoms with Gasteiger partial charge in [0.1, 0.15) is 5.82 Å². The third-order valence-corrected chi connectivity index (χ3v) is 1.71. The van der Waals surface area contributed by atoms with Crippen LogP contribution >= 0.6 is 0 Å². The first-order valence-electron chi connectivity index (χ1n) is 4.14. The highest BCUT2D eigenvalue weighted by molar-refractivity contribution is 5.53. The van der Waals surface area contributed by atoms with Crippen molar-refractivity contribution >= 4 is 11.5 Å². The summed E-state index contributed by atoms with van der Waals surface area (Å²) in [6, 6.07) is 0.795. The van der Waals surface area contributed by atoms with Crippen molar-refractivity contribution < 1.29 is 22.8 Å². The summed E-state index contributed by atoms with van der Waals surface area (Å²) >= 11 is 0. The number of hydrogen-bond acceptors (Lipinski definition) is 6. The lowest BCUT2D eigenvalue weighted by molar-refractivity contribution is -0.389. The predicted octanol–water partition coefficient (Wildman–Crippen LogP) is 0.929. The third-order valence-electron chi connectivity index (χ3n) is 1.71. The number of nitro groups is 1. The molecule has 17 heavy (non-hydrogen) atoms. The smallest absolute Gasteiger partial charge is 0.383 e. The summed E-state index contributed by atoms with van der Waals surface area (Å²) in [4.78, 5) is 12.6. The van der Waals surface area contributed by atoms with Crippen molar-refractivity contribution in [1.29, 1.82) is 0 Å². The number of nitrogen functional groups attached to an aromatic ring is 1. The largest absolute Gasteiger partial charge is 0.574 e. The number of nitrogens with two attached hydrogens (primary N) is 2. The minimum absolute atomic E-state index is 0.0613. The first-order valence-corrected chi connectivity index (χ1v) is 4.14. The molecule has 1 aromatic rings. The Balaban J connectivity index is 3.28. The number of halogens is 3. The van der Waals surface area contributed by atoms with Gasteiger partial charge in [-0.25, -0.2) is 0 Å². The van der Waals surface area contributed by atoms with Gasteiger partial charge in [0.05, 0.1) is 4.92 Å². The van der Waals surface area contributed by atoms with E-state index in [9.17, 15) is 23.3 Å². The van der Waals surface area contributed by atoms with Crippen molar-refractivity contribution in [3.63, 3.8) is 0 Å². The lowest BCUT2D eigenvalue weighted by Crippen LogP contribution is -2.19. The number of hydrogen-bond donors (Lipinski definition) is 2. The predicted molar refractivity (Wildman–Crippen MR) is 49.9 cm³/mol. The molecule has 10 heteroatoms. The standard InChI is InChI=1S/C7H7F3N4O3/c8-7(9,10)17-6-4(14(15)16)1-3(2-11)5(12)13-6/h1H,2,11H2,(H2,12,13). The second-order valence-electron chi connectivity index (χ2n) is 2.87. The molecule has 0 atom stereocenters. The van der Waals surface area contributed by atoms with Crippen LogP contribution in [-0.2, 0) is 6.54 Å². The minimum Gasteiger partial charge on any atom is -0.383 e. The maximum absolute atomic E-state index is 11.9. The monoisotopic (exact) mass is 252 g/mol. The van der Waals surface area contributed by atoms with Gasteiger partial charge in [0.15, 0.2) is 0 Å². The molecular weight excluding hydrogens is 245 g/mol. The number of anilines is 1. The van der Waals surface area contributed by atoms with Crippen molar-refractivity contribution in [2.75, 3.05) is 5.73 Å². The van der Waals surface area contributed by atoms with Gasteiger partial charge >= 0.3 is 17.9 Å². The number of alkyl halides is 3. The molecule has 94 valence electrons. The fraction of sp³-hybridized carbons (Fsp3) is 0.286. The van der Waals surface area contributed by atoms with E-state index in [1.54, 1.807) is 0 Å². The second kappa shape index (κ2) is 4.41. The van der Waals surface area contributed by atoms with E-state index in [0.717, 1.165) is 6.07 Å². The molecule has 0 saturated heterocycles. The van der Waals surface area contributed by atoms with Crippen LogP contribution in [-0.4, -0.2) is 16.3 Å². The zero-order chi connectivity index (χ0) is 13.2. The molecule has 1 aromatic heterocycles. The summed E-state index contributed by atoms with van der Waals surface area (Å²) in [6.45, 7) is -0.189. The van der Waals surface area contributed by atoms with E-state index in [0.29, 0.717) is 0 Å². The summed E-state index contributed by atoms with van der Waals surface area (Å²) in [6.07, 6.45) is -5.09. The molecule has 0 aliphatic rings. The Hall–Kier alpha value is -2.10. The van der Waals surface area contributed by atoms with Crippen LogP contribution in [0.25, 0.3) is 0 Å². The van der Waals surface area contributed by atoms with Gasteiger partial charge in [0.25, 0.3) is 0 Å². The van der Waals surface area contributed by atoms with Gasteiger partial charge in [-0.15, -0.1) is 13.2 Å². The topological polar surface area (TPSA) is 117 Å². The van der Waals surface area contributed by atoms with E-state index >= 15 is 0 Å². The van der Waals surface area contributed by atoms with Gasteiger partial charge in [0, 0.05) is 18.2 Å². The molecular formula is C7H7F3N4O3. The Kier molecular flexibility index (Phi) is 3.36. The first-order chi connectivity index (χ1) is 7.74. The average Bonchev–Trinajstić information content (AvgIpc) is 2.14. The van der Waals surface area contributed by atoms with E-state index in [4.69, 9.17) is 11.5 Å². The number of ether oxygens (including phenoxy) is 1. The fourth-order valence-corrected chi connectivity index (χ4v) is 1.02. The molecule has 0 saturated carbocycles. The second-order valence-corrected chi connectivity index (χ2v) is 2.87. The lowest BCUT2D eigenvalue weighted by atomic mass is 10.2. The Morgan fingerprint density at radius 1 is 1.53 bits per heavy atom. The van der Waals surface area contributed by atoms with E-state index in [2.05, 4.69) is 9.72 Å². The van der Waals surface area contributed by atoms with E-state index < -0.39 is 22.9 Å². The molecule has 0 fully saturated rings. The molecule has 7 nitrogen and oxygen atoms in total. The van der Waals surface area contributed by atoms with Gasteiger partial charge in [-0.2, -0.15) is 4.98 Å². The molecule has 1 rings (SSSR count). The molecule has 0 spiro atoms. The summed E-state index contributed by atoms with van der Waals surface area (Å²) < 4.78 is 39.2. The normalized spacial score (nSPS) is 11.3. The van der Waals surface area contributed by atoms with Gasteiger partial charge in [-0.1, -0.05) is 0 Å². The summed E-state index contributed by atoms with van der Waals surface area (Å²) in [7, 11) is 0. The van der Waals surface area contributed by atoms with Gasteiger partial charge in [-0.05, 0) is 0 Å². The molecule has 0 bridgehead atoms. The van der Waals surface area contributed by atoms with Crippen molar-refractivity contribution in [2.45, 2.75) is 12.9 Å². The zero-order valence-electron chi connectivity index (χ0n) is 8.19. The molecule has 0 aliphatic heterocycles. The number of pyridine rings is 1. The lowest BCUT2D eigenvalue weighted by Gasteiger charge is -2.10. The van der Waals surface area contributed by atoms with Gasteiger partial charge < -0.3 is 16.2 Å². The van der Waals surface area contributed by atoms with Crippen molar-refractivity contribution in [1.82, 2.24) is 4.98 Å². The SMILES string of the molecule is NCc1cc([N+](=O)[O-])c(OC(F)(F)F)nc1N. The zero-order valence-corrected chi connectivity index (χ0v) is 8.19. The maximum Gasteiger partial charge on any atom is 0.574 e. The Morgan fingerprint density at radius 3 is 2.53 bits per heavy atom. The van der Waals surface area contributed by atoms with Gasteiger partial charge in [0.2, 0.25) is 0 Å². The summed E-state index contributed by atoms with van der Waals surface area (Å²) in [5.41, 5.74) is 9.56. The molecule has 0 radical (unpaired) electrons. The molecule has 0 aliphatic carbocycles. The fourth-order valence-electron chi connectivity index (χ4n) is 1.02. The Morgan fingerprint density at radius 2 is 2.12 bits per heavy atom. The van der Waals surface area contributed by atoms with Crippen LogP contribution in [0.15, 0.2) is 6.07 Å². The number of aromatic nitrogens is 1. The molecule has 0 amide bonds. The maximum atomic E-state index is 11.9. The third kappa shape index (κ3) is 3.17. The molecule has 1 heterocycles. The summed E-state index contributed by atoms with van der Waals surface area (Å²) in [5.74, 6) is -1.56. The molecule has 4 N–H and O–H groups in total. The summed E-state index contributed by atoms with van der Waals surface area (Å²) in [5, 5.41) is 10.5. The highest BCUT2D eigenvalue weighted by atomic mass is 19.4. The van der Waals surface area contributed by atoms with Crippen molar-refractivity contribution in [3.05, 3.63) is 21.7 Å². The van der Waals surface area contributed by atoms with Crippen LogP contribution in [0, 0.1) is 10.1 Å². The number of nitrogens with zero attached hydrogens (tertiary/aromatic N) is 2.